The number of carbonyl (C=O) groups is 1. The Labute approximate surface area is 190 Å². The van der Waals surface area contributed by atoms with Crippen molar-refractivity contribution in [3.8, 4) is 0 Å². The number of rotatable bonds is 8. The Morgan fingerprint density at radius 1 is 1.19 bits per heavy atom. The van der Waals surface area contributed by atoms with Gasteiger partial charge < -0.3 is 9.47 Å². The molecule has 0 unspecified atom stereocenters. The summed E-state index contributed by atoms with van der Waals surface area (Å²) in [7, 11) is 1.78. The van der Waals surface area contributed by atoms with Gasteiger partial charge in [0.2, 0.25) is 5.91 Å². The van der Waals surface area contributed by atoms with E-state index in [2.05, 4.69) is 32.3 Å². The van der Waals surface area contributed by atoms with Crippen LogP contribution in [-0.2, 0) is 17.8 Å². The lowest BCUT2D eigenvalue weighted by atomic mass is 9.95. The van der Waals surface area contributed by atoms with Crippen LogP contribution < -0.4 is 0 Å². The highest BCUT2D eigenvalue weighted by Gasteiger charge is 2.24. The van der Waals surface area contributed by atoms with Gasteiger partial charge in [0.15, 0.2) is 5.16 Å². The van der Waals surface area contributed by atoms with Crippen molar-refractivity contribution in [2.75, 3.05) is 12.8 Å². The highest BCUT2D eigenvalue weighted by Crippen LogP contribution is 2.33. The summed E-state index contributed by atoms with van der Waals surface area (Å²) < 4.78 is 15.4. The molecule has 0 atom stereocenters. The fourth-order valence-corrected chi connectivity index (χ4v) is 5.66. The van der Waals surface area contributed by atoms with Crippen molar-refractivity contribution in [3.63, 3.8) is 0 Å². The molecule has 1 aromatic carbocycles. The fourth-order valence-electron chi connectivity index (χ4n) is 3.99. The van der Waals surface area contributed by atoms with Gasteiger partial charge in [0.1, 0.15) is 11.6 Å². The Kier molecular flexibility index (Phi) is 7.40. The van der Waals surface area contributed by atoms with E-state index in [1.165, 1.54) is 48.0 Å². The zero-order chi connectivity index (χ0) is 21.6. The van der Waals surface area contributed by atoms with Gasteiger partial charge in [-0.15, -0.1) is 21.5 Å². The van der Waals surface area contributed by atoms with Crippen molar-refractivity contribution in [3.05, 3.63) is 63.9 Å². The largest absolute Gasteiger partial charge is 0.341 e. The quantitative estimate of drug-likeness (QED) is 0.429. The monoisotopic (exact) mass is 458 g/mol. The van der Waals surface area contributed by atoms with Crippen LogP contribution in [0.5, 0.6) is 0 Å². The van der Waals surface area contributed by atoms with Crippen molar-refractivity contribution in [1.82, 2.24) is 19.7 Å². The maximum Gasteiger partial charge on any atom is 0.233 e. The normalized spacial score (nSPS) is 14.6. The van der Waals surface area contributed by atoms with Gasteiger partial charge in [-0.2, -0.15) is 0 Å². The molecule has 1 fully saturated rings. The summed E-state index contributed by atoms with van der Waals surface area (Å²) in [5, 5.41) is 11.9. The SMILES string of the molecule is CN(Cc1ccc(F)cc1)C(=O)CSc1nnc(Cc2cccs2)n1C1CCCCC1. The van der Waals surface area contributed by atoms with E-state index in [9.17, 15) is 9.18 Å². The highest BCUT2D eigenvalue weighted by molar-refractivity contribution is 7.99. The van der Waals surface area contributed by atoms with Crippen LogP contribution in [0.15, 0.2) is 46.9 Å². The first-order valence-corrected chi connectivity index (χ1v) is 12.5. The second-order valence-electron chi connectivity index (χ2n) is 7.98. The predicted molar refractivity (Wildman–Crippen MR) is 123 cm³/mol. The van der Waals surface area contributed by atoms with Crippen molar-refractivity contribution in [2.45, 2.75) is 56.3 Å². The van der Waals surface area contributed by atoms with Crippen LogP contribution in [0, 0.1) is 5.82 Å². The number of nitrogens with zero attached hydrogens (tertiary/aromatic N) is 4. The minimum atomic E-state index is -0.270. The molecule has 0 bridgehead atoms. The highest BCUT2D eigenvalue weighted by atomic mass is 32.2. The Morgan fingerprint density at radius 3 is 2.68 bits per heavy atom. The van der Waals surface area contributed by atoms with Gasteiger partial charge in [0, 0.05) is 30.9 Å². The van der Waals surface area contributed by atoms with Crippen LogP contribution in [0.4, 0.5) is 4.39 Å². The predicted octanol–water partition coefficient (Wildman–Crippen LogP) is 5.33. The number of benzene rings is 1. The van der Waals surface area contributed by atoms with Gasteiger partial charge in [-0.3, -0.25) is 4.79 Å². The van der Waals surface area contributed by atoms with E-state index < -0.39 is 0 Å². The molecule has 1 aliphatic rings. The van der Waals surface area contributed by atoms with E-state index in [1.54, 1.807) is 35.4 Å². The summed E-state index contributed by atoms with van der Waals surface area (Å²) in [5.74, 6) is 1.05. The molecule has 2 heterocycles. The molecule has 5 nitrogen and oxygen atoms in total. The van der Waals surface area contributed by atoms with Gasteiger partial charge in [0.25, 0.3) is 0 Å². The van der Waals surface area contributed by atoms with Gasteiger partial charge in [-0.1, -0.05) is 49.2 Å². The number of thioether (sulfide) groups is 1. The maximum absolute atomic E-state index is 13.1. The molecular weight excluding hydrogens is 431 g/mol. The number of carbonyl (C=O) groups excluding carboxylic acids is 1. The molecule has 164 valence electrons. The molecule has 1 aliphatic carbocycles. The standard InChI is InChI=1S/C23H27FN4OS2/c1-27(15-17-9-11-18(24)12-10-17)22(29)16-31-23-26-25-21(14-20-8-5-13-30-20)28(23)19-6-3-2-4-7-19/h5,8-13,19H,2-4,6-7,14-16H2,1H3. The van der Waals surface area contributed by atoms with Crippen molar-refractivity contribution < 1.29 is 9.18 Å². The number of hydrogen-bond donors (Lipinski definition) is 0. The minimum absolute atomic E-state index is 0.0207. The van der Waals surface area contributed by atoms with Crippen LogP contribution in [-0.4, -0.2) is 38.4 Å². The Balaban J connectivity index is 1.43. The van der Waals surface area contributed by atoms with Gasteiger partial charge in [0.05, 0.1) is 5.75 Å². The van der Waals surface area contributed by atoms with Crippen LogP contribution >= 0.6 is 23.1 Å². The number of amides is 1. The first kappa shape index (κ1) is 22.0. The van der Waals surface area contributed by atoms with Crippen LogP contribution in [0.2, 0.25) is 0 Å². The van der Waals surface area contributed by atoms with Gasteiger partial charge >= 0.3 is 0 Å². The average Bonchev–Trinajstić information content (AvgIpc) is 3.44. The van der Waals surface area contributed by atoms with Crippen LogP contribution in [0.1, 0.15) is 54.4 Å². The molecular formula is C23H27FN4OS2. The molecule has 3 aromatic rings. The lowest BCUT2D eigenvalue weighted by molar-refractivity contribution is -0.127. The summed E-state index contributed by atoms with van der Waals surface area (Å²) in [4.78, 5) is 15.7. The summed E-state index contributed by atoms with van der Waals surface area (Å²) in [6.07, 6.45) is 6.80. The molecule has 0 N–H and O–H groups in total. The molecule has 4 rings (SSSR count). The third kappa shape index (κ3) is 5.74. The van der Waals surface area contributed by atoms with Crippen molar-refractivity contribution in [2.24, 2.45) is 0 Å². The van der Waals surface area contributed by atoms with Gasteiger partial charge in [-0.05, 0) is 42.0 Å². The molecule has 0 aliphatic heterocycles. The summed E-state index contributed by atoms with van der Waals surface area (Å²) in [5.41, 5.74) is 0.908. The fraction of sp³-hybridized carbons (Fsp3) is 0.435. The lowest BCUT2D eigenvalue weighted by Crippen LogP contribution is -2.28. The van der Waals surface area contributed by atoms with E-state index in [-0.39, 0.29) is 11.7 Å². The third-order valence-corrected chi connectivity index (χ3v) is 7.48. The number of halogens is 1. The van der Waals surface area contributed by atoms with Crippen LogP contribution in [0.25, 0.3) is 0 Å². The zero-order valence-electron chi connectivity index (χ0n) is 17.7. The second-order valence-corrected chi connectivity index (χ2v) is 9.96. The molecule has 0 radical (unpaired) electrons. The minimum Gasteiger partial charge on any atom is -0.341 e. The molecule has 1 saturated carbocycles. The number of aromatic nitrogens is 3. The van der Waals surface area contributed by atoms with Crippen molar-refractivity contribution in [1.29, 1.82) is 0 Å². The summed E-state index contributed by atoms with van der Waals surface area (Å²) >= 11 is 3.20. The Hall–Kier alpha value is -2.19. The smallest absolute Gasteiger partial charge is 0.233 e. The van der Waals surface area contributed by atoms with Crippen LogP contribution in [0.3, 0.4) is 0 Å². The Morgan fingerprint density at radius 2 is 1.97 bits per heavy atom. The molecule has 0 saturated heterocycles. The van der Waals surface area contributed by atoms with E-state index >= 15 is 0 Å². The lowest BCUT2D eigenvalue weighted by Gasteiger charge is -2.25. The van der Waals surface area contributed by atoms with E-state index in [1.807, 2.05) is 0 Å². The first-order valence-electron chi connectivity index (χ1n) is 10.7. The first-order chi connectivity index (χ1) is 15.1. The molecule has 0 spiro atoms. The maximum atomic E-state index is 13.1. The number of thiophene rings is 1. The molecule has 2 aromatic heterocycles. The third-order valence-electron chi connectivity index (χ3n) is 5.67. The molecule has 8 heteroatoms. The second kappa shape index (κ2) is 10.4. The average molecular weight is 459 g/mol. The molecule has 31 heavy (non-hydrogen) atoms. The van der Waals surface area contributed by atoms with Gasteiger partial charge in [-0.25, -0.2) is 4.39 Å². The van der Waals surface area contributed by atoms with E-state index in [4.69, 9.17) is 0 Å². The Bertz CT molecular complexity index is 982. The van der Waals surface area contributed by atoms with Crippen molar-refractivity contribution >= 4 is 29.0 Å². The summed E-state index contributed by atoms with van der Waals surface area (Å²) in [6, 6.07) is 10.9. The topological polar surface area (TPSA) is 51.0 Å². The van der Waals surface area contributed by atoms with E-state index in [0.29, 0.717) is 18.3 Å². The molecule has 1 amide bonds. The summed E-state index contributed by atoms with van der Waals surface area (Å²) in [6.45, 7) is 0.457. The van der Waals surface area contributed by atoms with E-state index in [0.717, 1.165) is 35.8 Å². The zero-order valence-corrected chi connectivity index (χ0v) is 19.3. The number of hydrogen-bond acceptors (Lipinski definition) is 5.